The maximum Gasteiger partial charge on any atom is 0.0434 e. The molecule has 2 heteroatoms. The summed E-state index contributed by atoms with van der Waals surface area (Å²) in [5.41, 5.74) is 0. The van der Waals surface area contributed by atoms with Gasteiger partial charge in [-0.15, -0.1) is 0 Å². The molecule has 0 aromatic heterocycles. The second-order valence-corrected chi connectivity index (χ2v) is 4.32. The summed E-state index contributed by atoms with van der Waals surface area (Å²) in [6.07, 6.45) is 5.10. The molecule has 0 aromatic carbocycles. The van der Waals surface area contributed by atoms with E-state index in [0.29, 0.717) is 6.61 Å². The lowest BCUT2D eigenvalue weighted by molar-refractivity contribution is 0.261. The average molecular weight is 240 g/mol. The normalized spacial score (nSPS) is 35.3. The molecule has 0 aromatic rings. The van der Waals surface area contributed by atoms with Crippen LogP contribution >= 0.6 is 22.6 Å². The number of aliphatic hydroxyl groups excluding tert-OH is 1. The topological polar surface area (TPSA) is 20.2 Å². The van der Waals surface area contributed by atoms with Crippen LogP contribution in [-0.4, -0.2) is 15.6 Å². The Morgan fingerprint density at radius 1 is 1.44 bits per heavy atom. The molecule has 1 fully saturated rings. The second kappa shape index (κ2) is 3.76. The van der Waals surface area contributed by atoms with Gasteiger partial charge in [-0.1, -0.05) is 29.0 Å². The van der Waals surface area contributed by atoms with Crippen molar-refractivity contribution >= 4 is 22.6 Å². The molecule has 0 amide bonds. The molecule has 1 saturated carbocycles. The Kier molecular flexibility index (Phi) is 3.26. The van der Waals surface area contributed by atoms with Gasteiger partial charge in [0.2, 0.25) is 0 Å². The van der Waals surface area contributed by atoms with Gasteiger partial charge in [0, 0.05) is 10.5 Å². The molecule has 1 N–H and O–H groups in total. The summed E-state index contributed by atoms with van der Waals surface area (Å²) in [6, 6.07) is 0. The molecule has 1 rings (SSSR count). The minimum atomic E-state index is 0.379. The van der Waals surface area contributed by atoms with Gasteiger partial charge in [0.05, 0.1) is 0 Å². The third-order valence-corrected chi connectivity index (χ3v) is 3.71. The first-order valence-corrected chi connectivity index (χ1v) is 4.84. The van der Waals surface area contributed by atoms with Gasteiger partial charge in [-0.3, -0.25) is 0 Å². The van der Waals surface area contributed by atoms with Crippen LogP contribution in [0, 0.1) is 5.92 Å². The van der Waals surface area contributed by atoms with Crippen LogP contribution in [0.25, 0.3) is 0 Å². The van der Waals surface area contributed by atoms with Gasteiger partial charge in [0.25, 0.3) is 0 Å². The summed E-state index contributed by atoms with van der Waals surface area (Å²) in [6.45, 7) is 0.379. The van der Waals surface area contributed by atoms with Gasteiger partial charge >= 0.3 is 0 Å². The molecule has 1 aliphatic rings. The van der Waals surface area contributed by atoms with E-state index in [1.165, 1.54) is 19.3 Å². The highest BCUT2D eigenvalue weighted by atomic mass is 127. The van der Waals surface area contributed by atoms with Gasteiger partial charge in [-0.25, -0.2) is 0 Å². The zero-order valence-corrected chi connectivity index (χ0v) is 7.67. The number of rotatable bonds is 2. The number of hydrogen-bond donors (Lipinski definition) is 1. The third kappa shape index (κ3) is 2.08. The highest BCUT2D eigenvalue weighted by Gasteiger charge is 2.23. The lowest BCUT2D eigenvalue weighted by atomic mass is 10.1. The fourth-order valence-corrected chi connectivity index (χ4v) is 2.64. The van der Waals surface area contributed by atoms with E-state index in [4.69, 9.17) is 5.11 Å². The SMILES string of the molecule is OCCC1CCCC1I. The molecule has 0 heterocycles. The fourth-order valence-electron chi connectivity index (χ4n) is 1.48. The number of hydrogen-bond acceptors (Lipinski definition) is 1. The van der Waals surface area contributed by atoms with Gasteiger partial charge in [-0.05, 0) is 25.2 Å². The minimum absolute atomic E-state index is 0.379. The zero-order valence-electron chi connectivity index (χ0n) is 5.52. The van der Waals surface area contributed by atoms with Gasteiger partial charge in [0.1, 0.15) is 0 Å². The first-order chi connectivity index (χ1) is 4.34. The Hall–Kier alpha value is 0.690. The fraction of sp³-hybridized carbons (Fsp3) is 1.00. The largest absolute Gasteiger partial charge is 0.396 e. The summed E-state index contributed by atoms with van der Waals surface area (Å²) in [4.78, 5) is 0. The van der Waals surface area contributed by atoms with E-state index in [0.717, 1.165) is 16.3 Å². The van der Waals surface area contributed by atoms with Crippen LogP contribution in [0.5, 0.6) is 0 Å². The van der Waals surface area contributed by atoms with E-state index < -0.39 is 0 Å². The summed E-state index contributed by atoms with van der Waals surface area (Å²) in [7, 11) is 0. The quantitative estimate of drug-likeness (QED) is 0.578. The molecular weight excluding hydrogens is 227 g/mol. The standard InChI is InChI=1S/C7H13IO/c8-7-3-1-2-6(7)4-5-9/h6-7,9H,1-5H2. The molecule has 1 aliphatic carbocycles. The molecular formula is C7H13IO. The predicted molar refractivity (Wildman–Crippen MR) is 46.9 cm³/mol. The lowest BCUT2D eigenvalue weighted by Gasteiger charge is -2.10. The second-order valence-electron chi connectivity index (χ2n) is 2.72. The zero-order chi connectivity index (χ0) is 6.69. The molecule has 0 saturated heterocycles. The van der Waals surface area contributed by atoms with Gasteiger partial charge < -0.3 is 5.11 Å². The van der Waals surface area contributed by atoms with Crippen LogP contribution in [0.15, 0.2) is 0 Å². The van der Waals surface area contributed by atoms with Crippen molar-refractivity contribution in [1.82, 2.24) is 0 Å². The summed E-state index contributed by atoms with van der Waals surface area (Å²) >= 11 is 2.51. The van der Waals surface area contributed by atoms with Crippen molar-refractivity contribution < 1.29 is 5.11 Å². The molecule has 1 nitrogen and oxygen atoms in total. The monoisotopic (exact) mass is 240 g/mol. The van der Waals surface area contributed by atoms with Crippen LogP contribution in [0.1, 0.15) is 25.7 Å². The van der Waals surface area contributed by atoms with E-state index in [1.807, 2.05) is 0 Å². The molecule has 0 aliphatic heterocycles. The van der Waals surface area contributed by atoms with Crippen LogP contribution in [-0.2, 0) is 0 Å². The smallest absolute Gasteiger partial charge is 0.0434 e. The Balaban J connectivity index is 2.22. The van der Waals surface area contributed by atoms with Gasteiger partial charge in [-0.2, -0.15) is 0 Å². The number of alkyl halides is 1. The first kappa shape index (κ1) is 7.79. The van der Waals surface area contributed by atoms with E-state index in [2.05, 4.69) is 22.6 Å². The average Bonchev–Trinajstić information content (AvgIpc) is 2.18. The van der Waals surface area contributed by atoms with Crippen LogP contribution in [0.3, 0.4) is 0 Å². The lowest BCUT2D eigenvalue weighted by Crippen LogP contribution is -2.07. The Morgan fingerprint density at radius 2 is 2.22 bits per heavy atom. The van der Waals surface area contributed by atoms with Crippen molar-refractivity contribution in [2.24, 2.45) is 5.92 Å². The minimum Gasteiger partial charge on any atom is -0.396 e. The van der Waals surface area contributed by atoms with Gasteiger partial charge in [0.15, 0.2) is 0 Å². The molecule has 2 unspecified atom stereocenters. The van der Waals surface area contributed by atoms with Crippen molar-refractivity contribution in [3.05, 3.63) is 0 Å². The maximum absolute atomic E-state index is 8.64. The van der Waals surface area contributed by atoms with Crippen molar-refractivity contribution in [3.63, 3.8) is 0 Å². The molecule has 0 spiro atoms. The summed E-state index contributed by atoms with van der Waals surface area (Å²) in [5, 5.41) is 8.64. The number of halogens is 1. The van der Waals surface area contributed by atoms with Crippen LogP contribution < -0.4 is 0 Å². The first-order valence-electron chi connectivity index (χ1n) is 3.59. The predicted octanol–water partition coefficient (Wildman–Crippen LogP) is 1.97. The van der Waals surface area contributed by atoms with Crippen LogP contribution in [0.4, 0.5) is 0 Å². The summed E-state index contributed by atoms with van der Waals surface area (Å²) < 4.78 is 0.842. The summed E-state index contributed by atoms with van der Waals surface area (Å²) in [5.74, 6) is 0.815. The molecule has 54 valence electrons. The van der Waals surface area contributed by atoms with E-state index in [1.54, 1.807) is 0 Å². The van der Waals surface area contributed by atoms with Crippen LogP contribution in [0.2, 0.25) is 0 Å². The van der Waals surface area contributed by atoms with Crippen molar-refractivity contribution in [2.75, 3.05) is 6.61 Å². The molecule has 2 atom stereocenters. The van der Waals surface area contributed by atoms with Crippen molar-refractivity contribution in [1.29, 1.82) is 0 Å². The Labute approximate surface area is 70.0 Å². The third-order valence-electron chi connectivity index (χ3n) is 2.07. The Morgan fingerprint density at radius 3 is 2.67 bits per heavy atom. The molecule has 9 heavy (non-hydrogen) atoms. The highest BCUT2D eigenvalue weighted by molar-refractivity contribution is 14.1. The van der Waals surface area contributed by atoms with E-state index >= 15 is 0 Å². The van der Waals surface area contributed by atoms with Crippen molar-refractivity contribution in [3.8, 4) is 0 Å². The highest BCUT2D eigenvalue weighted by Crippen LogP contribution is 2.33. The van der Waals surface area contributed by atoms with Crippen molar-refractivity contribution in [2.45, 2.75) is 29.6 Å². The van der Waals surface area contributed by atoms with E-state index in [-0.39, 0.29) is 0 Å². The molecule has 0 radical (unpaired) electrons. The number of aliphatic hydroxyl groups is 1. The Bertz CT molecular complexity index is 85.0. The maximum atomic E-state index is 8.64. The van der Waals surface area contributed by atoms with E-state index in [9.17, 15) is 0 Å². The molecule has 0 bridgehead atoms.